The van der Waals surface area contributed by atoms with Crippen molar-refractivity contribution in [1.82, 2.24) is 14.1 Å². The molecular weight excluding hydrogens is 498 g/mol. The van der Waals surface area contributed by atoms with E-state index in [-0.39, 0.29) is 35.4 Å². The molecule has 4 aliphatic heterocycles. The average Bonchev–Trinajstić information content (AvgIpc) is 3.20. The van der Waals surface area contributed by atoms with Gasteiger partial charge in [0.1, 0.15) is 0 Å². The number of carbonyl (C=O) groups is 1. The zero-order valence-electron chi connectivity index (χ0n) is 23.6. The van der Waals surface area contributed by atoms with Crippen LogP contribution in [0, 0.1) is 0 Å². The average molecular weight is 546 g/mol. The van der Waals surface area contributed by atoms with Crippen molar-refractivity contribution >= 4 is 16.1 Å². The zero-order chi connectivity index (χ0) is 26.9. The van der Waals surface area contributed by atoms with E-state index >= 15 is 0 Å². The van der Waals surface area contributed by atoms with Crippen molar-refractivity contribution in [3.63, 3.8) is 0 Å². The maximum atomic E-state index is 13.1. The summed E-state index contributed by atoms with van der Waals surface area (Å²) < 4.78 is 33.7. The number of amides is 1. The van der Waals surface area contributed by atoms with Crippen molar-refractivity contribution < 1.29 is 17.9 Å². The molecule has 0 aliphatic carbocycles. The van der Waals surface area contributed by atoms with Gasteiger partial charge < -0.3 is 14.5 Å². The molecule has 7 nitrogen and oxygen atoms in total. The molecule has 3 atom stereocenters. The van der Waals surface area contributed by atoms with Gasteiger partial charge in [-0.2, -0.15) is 4.31 Å². The lowest BCUT2D eigenvalue weighted by atomic mass is 9.69. The van der Waals surface area contributed by atoms with E-state index in [0.29, 0.717) is 25.6 Å². The van der Waals surface area contributed by atoms with Crippen LogP contribution in [0.2, 0.25) is 0 Å². The fourth-order valence-electron chi connectivity index (χ4n) is 7.73. The third-order valence-corrected chi connectivity index (χ3v) is 11.5. The van der Waals surface area contributed by atoms with Gasteiger partial charge in [0, 0.05) is 36.6 Å². The molecule has 0 radical (unpaired) electrons. The van der Waals surface area contributed by atoms with Gasteiger partial charge in [0.2, 0.25) is 10.0 Å². The number of hydrogen-bond donors (Lipinski definition) is 0. The molecule has 212 valence electrons. The number of fused-ring (bicyclic) bond motifs is 4. The van der Waals surface area contributed by atoms with Crippen molar-refractivity contribution in [2.75, 3.05) is 25.4 Å². The Balaban J connectivity index is 1.32. The first kappa shape index (κ1) is 27.9. The fourth-order valence-corrected chi connectivity index (χ4v) is 9.29. The SMILES string of the molecule is CCCS(=O)(=O)N1Cc2ccccc2C2(CCN(C3CCC4CCCCC(C3)N4C(=O)OC(C)C)CC2)C1. The Hall–Kier alpha value is -1.64. The first-order valence-electron chi connectivity index (χ1n) is 15.0. The lowest BCUT2D eigenvalue weighted by molar-refractivity contribution is 0.0434. The number of sulfonamides is 1. The highest BCUT2D eigenvalue weighted by atomic mass is 32.2. The third kappa shape index (κ3) is 5.64. The Labute approximate surface area is 229 Å². The molecule has 0 N–H and O–H groups in total. The van der Waals surface area contributed by atoms with E-state index < -0.39 is 10.0 Å². The molecule has 1 amide bonds. The molecule has 3 fully saturated rings. The standard InChI is InChI=1S/C30H47N3O4S/c1-4-19-38(35,36)32-21-24-9-5-8-12-28(24)30(22-32)15-17-31(18-16-30)26-14-13-25-10-6-7-11-27(20-26)33(25)29(34)37-23(2)3/h5,8-9,12,23,25-27H,4,6-7,10-11,13-22H2,1-3H3. The van der Waals surface area contributed by atoms with E-state index in [1.54, 1.807) is 4.31 Å². The molecule has 5 rings (SSSR count). The quantitative estimate of drug-likeness (QED) is 0.503. The van der Waals surface area contributed by atoms with Crippen LogP contribution in [0.25, 0.3) is 0 Å². The van der Waals surface area contributed by atoms with Crippen molar-refractivity contribution in [3.05, 3.63) is 35.4 Å². The largest absolute Gasteiger partial charge is 0.447 e. The monoisotopic (exact) mass is 545 g/mol. The van der Waals surface area contributed by atoms with Crippen LogP contribution < -0.4 is 0 Å². The number of rotatable bonds is 5. The van der Waals surface area contributed by atoms with Gasteiger partial charge in [0.15, 0.2) is 0 Å². The summed E-state index contributed by atoms with van der Waals surface area (Å²) in [6, 6.07) is 9.53. The summed E-state index contributed by atoms with van der Waals surface area (Å²) in [6.07, 6.45) is 10.1. The van der Waals surface area contributed by atoms with Crippen LogP contribution in [0.15, 0.2) is 24.3 Å². The molecule has 1 aromatic carbocycles. The van der Waals surface area contributed by atoms with Gasteiger partial charge in [-0.15, -0.1) is 0 Å². The normalized spacial score (nSPS) is 28.5. The second-order valence-corrected chi connectivity index (χ2v) is 14.5. The Morgan fingerprint density at radius 1 is 1.03 bits per heavy atom. The number of carbonyl (C=O) groups excluding carboxylic acids is 1. The van der Waals surface area contributed by atoms with Crippen molar-refractivity contribution in [2.45, 2.75) is 121 Å². The van der Waals surface area contributed by atoms with E-state index in [1.165, 1.54) is 24.0 Å². The highest BCUT2D eigenvalue weighted by Gasteiger charge is 2.46. The molecule has 3 saturated heterocycles. The minimum absolute atomic E-state index is 0.0963. The van der Waals surface area contributed by atoms with Crippen molar-refractivity contribution in [3.8, 4) is 0 Å². The number of nitrogens with zero attached hydrogens (tertiary/aromatic N) is 3. The van der Waals surface area contributed by atoms with Gasteiger partial charge >= 0.3 is 6.09 Å². The maximum Gasteiger partial charge on any atom is 0.410 e. The first-order chi connectivity index (χ1) is 18.2. The Morgan fingerprint density at radius 3 is 2.42 bits per heavy atom. The van der Waals surface area contributed by atoms with E-state index in [4.69, 9.17) is 4.74 Å². The molecule has 8 heteroatoms. The Kier molecular flexibility index (Phi) is 8.42. The third-order valence-electron chi connectivity index (χ3n) is 9.58. The number of ether oxygens (including phenoxy) is 1. The summed E-state index contributed by atoms with van der Waals surface area (Å²) in [6.45, 7) is 8.87. The smallest absolute Gasteiger partial charge is 0.410 e. The Bertz CT molecular complexity index is 1080. The van der Waals surface area contributed by atoms with Gasteiger partial charge in [-0.3, -0.25) is 0 Å². The number of benzene rings is 1. The first-order valence-corrected chi connectivity index (χ1v) is 16.6. The van der Waals surface area contributed by atoms with Crippen LogP contribution in [0.5, 0.6) is 0 Å². The molecule has 4 heterocycles. The molecule has 3 unspecified atom stereocenters. The van der Waals surface area contributed by atoms with Gasteiger partial charge in [0.05, 0.1) is 11.9 Å². The molecule has 0 aromatic heterocycles. The lowest BCUT2D eigenvalue weighted by Crippen LogP contribution is -2.55. The van der Waals surface area contributed by atoms with Crippen LogP contribution in [0.4, 0.5) is 4.79 Å². The van der Waals surface area contributed by atoms with Crippen LogP contribution in [0.3, 0.4) is 0 Å². The minimum atomic E-state index is -3.26. The van der Waals surface area contributed by atoms with Crippen LogP contribution in [-0.4, -0.2) is 78.2 Å². The lowest BCUT2D eigenvalue weighted by Gasteiger charge is -2.49. The van der Waals surface area contributed by atoms with Crippen molar-refractivity contribution in [2.24, 2.45) is 0 Å². The van der Waals surface area contributed by atoms with E-state index in [2.05, 4.69) is 28.0 Å². The summed E-state index contributed by atoms with van der Waals surface area (Å²) in [4.78, 5) is 17.9. The minimum Gasteiger partial charge on any atom is -0.447 e. The highest BCUT2D eigenvalue weighted by molar-refractivity contribution is 7.89. The molecular formula is C30H47N3O4S. The summed E-state index contributed by atoms with van der Waals surface area (Å²) in [7, 11) is -3.26. The van der Waals surface area contributed by atoms with Crippen LogP contribution in [0.1, 0.15) is 96.1 Å². The van der Waals surface area contributed by atoms with Crippen LogP contribution >= 0.6 is 0 Å². The molecule has 1 spiro atoms. The molecule has 38 heavy (non-hydrogen) atoms. The van der Waals surface area contributed by atoms with E-state index in [1.807, 2.05) is 26.8 Å². The van der Waals surface area contributed by atoms with E-state index in [9.17, 15) is 13.2 Å². The zero-order valence-corrected chi connectivity index (χ0v) is 24.4. The summed E-state index contributed by atoms with van der Waals surface area (Å²) >= 11 is 0. The summed E-state index contributed by atoms with van der Waals surface area (Å²) in [5, 5.41) is 0. The summed E-state index contributed by atoms with van der Waals surface area (Å²) in [5.74, 6) is 0.220. The summed E-state index contributed by atoms with van der Waals surface area (Å²) in [5.41, 5.74) is 2.42. The van der Waals surface area contributed by atoms with Gasteiger partial charge in [-0.1, -0.05) is 44.0 Å². The predicted molar refractivity (Wildman–Crippen MR) is 151 cm³/mol. The fraction of sp³-hybridized carbons (Fsp3) is 0.767. The maximum absolute atomic E-state index is 13.1. The number of likely N-dealkylation sites (tertiary alicyclic amines) is 1. The highest BCUT2D eigenvalue weighted by Crippen LogP contribution is 2.44. The molecule has 1 aromatic rings. The topological polar surface area (TPSA) is 70.2 Å². The second-order valence-electron chi connectivity index (χ2n) is 12.5. The van der Waals surface area contributed by atoms with Gasteiger partial charge in [-0.25, -0.2) is 13.2 Å². The predicted octanol–water partition coefficient (Wildman–Crippen LogP) is 5.29. The van der Waals surface area contributed by atoms with Gasteiger partial charge in [-0.05, 0) is 89.4 Å². The number of hydrogen-bond acceptors (Lipinski definition) is 5. The Morgan fingerprint density at radius 2 is 1.71 bits per heavy atom. The molecule has 0 saturated carbocycles. The van der Waals surface area contributed by atoms with Gasteiger partial charge in [0.25, 0.3) is 0 Å². The second kappa shape index (κ2) is 11.5. The van der Waals surface area contributed by atoms with E-state index in [0.717, 1.165) is 58.0 Å². The molecule has 4 aliphatic rings. The van der Waals surface area contributed by atoms with Crippen molar-refractivity contribution in [1.29, 1.82) is 0 Å². The number of piperidine rings is 1. The van der Waals surface area contributed by atoms with Crippen LogP contribution in [-0.2, 0) is 26.7 Å². The molecule has 2 bridgehead atoms.